The normalized spacial score (nSPS) is 18.1. The molecule has 13 heteroatoms. The minimum absolute atomic E-state index is 0.0167. The number of hydrogen-bond donors (Lipinski definition) is 2. The Morgan fingerprint density at radius 2 is 1.73 bits per heavy atom. The number of ether oxygens (including phenoxy) is 2. The number of aromatic nitrogens is 4. The van der Waals surface area contributed by atoms with Crippen LogP contribution in [0.15, 0.2) is 58.0 Å². The van der Waals surface area contributed by atoms with E-state index in [1.165, 1.54) is 12.3 Å². The number of nitrogens with one attached hydrogen (secondary N) is 1. The van der Waals surface area contributed by atoms with Crippen molar-refractivity contribution in [3.05, 3.63) is 60.0 Å². The van der Waals surface area contributed by atoms with E-state index >= 15 is 0 Å². The first-order valence-electron chi connectivity index (χ1n) is 13.4. The van der Waals surface area contributed by atoms with Crippen molar-refractivity contribution in [2.75, 3.05) is 32.2 Å². The summed E-state index contributed by atoms with van der Waals surface area (Å²) in [4.78, 5) is 8.99. The van der Waals surface area contributed by atoms with Crippen molar-refractivity contribution < 1.29 is 26.7 Å². The molecule has 2 aromatic carbocycles. The van der Waals surface area contributed by atoms with Gasteiger partial charge in [-0.3, -0.25) is 0 Å². The zero-order valence-corrected chi connectivity index (χ0v) is 22.9. The summed E-state index contributed by atoms with van der Waals surface area (Å²) in [7, 11) is -3.46. The van der Waals surface area contributed by atoms with Crippen LogP contribution < -0.4 is 11.1 Å². The number of benzene rings is 2. The van der Waals surface area contributed by atoms with Gasteiger partial charge in [-0.25, -0.2) is 22.8 Å². The van der Waals surface area contributed by atoms with E-state index in [2.05, 4.69) is 25.5 Å². The van der Waals surface area contributed by atoms with Crippen LogP contribution in [0.25, 0.3) is 34.3 Å². The van der Waals surface area contributed by atoms with Gasteiger partial charge in [-0.05, 0) is 49.1 Å². The van der Waals surface area contributed by atoms with Gasteiger partial charge < -0.3 is 24.9 Å². The fourth-order valence-electron chi connectivity index (χ4n) is 4.92. The highest BCUT2D eigenvalue weighted by Crippen LogP contribution is 2.30. The number of hydrogen-bond acceptors (Lipinski definition) is 11. The minimum Gasteiger partial charge on any atom is -0.414 e. The Morgan fingerprint density at radius 3 is 2.46 bits per heavy atom. The summed E-state index contributed by atoms with van der Waals surface area (Å²) in [5.41, 5.74) is 8.20. The van der Waals surface area contributed by atoms with Gasteiger partial charge in [0.25, 0.3) is 11.8 Å². The minimum atomic E-state index is -3.46. The van der Waals surface area contributed by atoms with Gasteiger partial charge in [0, 0.05) is 38.0 Å². The van der Waals surface area contributed by atoms with Crippen LogP contribution in [-0.4, -0.2) is 66.3 Å². The molecule has 2 aromatic heterocycles. The Kier molecular flexibility index (Phi) is 7.75. The van der Waals surface area contributed by atoms with Gasteiger partial charge in [-0.2, -0.15) is 0 Å². The molecule has 4 heterocycles. The molecule has 2 saturated heterocycles. The molecule has 3 N–H and O–H groups in total. The van der Waals surface area contributed by atoms with Gasteiger partial charge in [0.05, 0.1) is 34.2 Å². The average Bonchev–Trinajstić information content (AvgIpc) is 3.70. The maximum Gasteiger partial charge on any atom is 0.270 e. The molecule has 2 fully saturated rings. The first kappa shape index (κ1) is 27.4. The van der Waals surface area contributed by atoms with Gasteiger partial charge in [0.2, 0.25) is 0 Å². The number of nitrogens with two attached hydrogens (primary N) is 1. The highest BCUT2D eigenvalue weighted by atomic mass is 32.2. The molecule has 2 aliphatic rings. The summed E-state index contributed by atoms with van der Waals surface area (Å²) in [5.74, 6) is -0.473. The van der Waals surface area contributed by atoms with Gasteiger partial charge in [0.1, 0.15) is 5.82 Å². The van der Waals surface area contributed by atoms with Crippen LogP contribution in [0, 0.1) is 5.82 Å². The van der Waals surface area contributed by atoms with Gasteiger partial charge >= 0.3 is 0 Å². The summed E-state index contributed by atoms with van der Waals surface area (Å²) in [6, 6.07) is 11.5. The topological polar surface area (TPSA) is 155 Å². The van der Waals surface area contributed by atoms with Gasteiger partial charge in [-0.1, -0.05) is 18.2 Å². The fourth-order valence-corrected chi connectivity index (χ4v) is 6.63. The number of nitrogens with zero attached hydrogens (tertiary/aromatic N) is 4. The molecule has 0 bridgehead atoms. The Hall–Kier alpha value is -3.78. The van der Waals surface area contributed by atoms with E-state index in [1.807, 2.05) is 0 Å². The summed E-state index contributed by atoms with van der Waals surface area (Å²) in [5, 5.41) is 10.9. The lowest BCUT2D eigenvalue weighted by atomic mass is 10.1. The molecule has 41 heavy (non-hydrogen) atoms. The molecule has 1 atom stereocenters. The third-order valence-electron chi connectivity index (χ3n) is 7.30. The lowest BCUT2D eigenvalue weighted by Gasteiger charge is -2.22. The molecule has 4 aromatic rings. The number of rotatable bonds is 8. The van der Waals surface area contributed by atoms with E-state index < -0.39 is 20.9 Å². The molecule has 0 spiro atoms. The molecule has 1 unspecified atom stereocenters. The molecule has 2 aliphatic heterocycles. The summed E-state index contributed by atoms with van der Waals surface area (Å²) >= 11 is 0. The van der Waals surface area contributed by atoms with Crippen molar-refractivity contribution in [1.82, 2.24) is 25.5 Å². The number of nitrogen functional groups attached to an aromatic ring is 1. The second kappa shape index (κ2) is 11.6. The van der Waals surface area contributed by atoms with Crippen LogP contribution >= 0.6 is 0 Å². The number of sulfone groups is 1. The first-order chi connectivity index (χ1) is 19.9. The second-order valence-electron chi connectivity index (χ2n) is 10.0. The van der Waals surface area contributed by atoms with Crippen molar-refractivity contribution in [3.8, 4) is 34.3 Å². The molecule has 214 valence electrons. The molecular weight excluding hydrogens is 551 g/mol. The van der Waals surface area contributed by atoms with Gasteiger partial charge in [0.15, 0.2) is 21.3 Å². The quantitative estimate of drug-likeness (QED) is 0.315. The Balaban J connectivity index is 1.20. The van der Waals surface area contributed by atoms with E-state index in [0.717, 1.165) is 18.6 Å². The maximum absolute atomic E-state index is 15.0. The van der Waals surface area contributed by atoms with E-state index in [0.29, 0.717) is 50.5 Å². The highest BCUT2D eigenvalue weighted by molar-refractivity contribution is 7.92. The second-order valence-corrected chi connectivity index (χ2v) is 12.3. The van der Waals surface area contributed by atoms with E-state index in [4.69, 9.17) is 19.6 Å². The largest absolute Gasteiger partial charge is 0.414 e. The molecule has 6 rings (SSSR count). The van der Waals surface area contributed by atoms with Crippen LogP contribution in [-0.2, 0) is 25.9 Å². The summed E-state index contributed by atoms with van der Waals surface area (Å²) in [6.45, 7) is 2.78. The molecule has 0 radical (unpaired) electrons. The predicted molar refractivity (Wildman–Crippen MR) is 148 cm³/mol. The van der Waals surface area contributed by atoms with Crippen molar-refractivity contribution >= 4 is 15.7 Å². The summed E-state index contributed by atoms with van der Waals surface area (Å²) < 4.78 is 57.4. The average molecular weight is 581 g/mol. The van der Waals surface area contributed by atoms with Crippen LogP contribution in [0.4, 0.5) is 10.2 Å². The fraction of sp³-hybridized carbons (Fsp3) is 0.357. The lowest BCUT2D eigenvalue weighted by Crippen LogP contribution is -2.28. The smallest absolute Gasteiger partial charge is 0.270 e. The van der Waals surface area contributed by atoms with Crippen molar-refractivity contribution in [1.29, 1.82) is 0 Å². The third-order valence-corrected chi connectivity index (χ3v) is 9.58. The maximum atomic E-state index is 15.0. The molecule has 0 saturated carbocycles. The Morgan fingerprint density at radius 1 is 0.976 bits per heavy atom. The van der Waals surface area contributed by atoms with Crippen molar-refractivity contribution in [3.63, 3.8) is 0 Å². The molecule has 0 aliphatic carbocycles. The zero-order chi connectivity index (χ0) is 28.4. The SMILES string of the molecule is Nc1ncc(-c2ccc(S(=O)(=O)C3CCOCC3)cc2)nc1-c1nnc(-c2ccc(CNC3CCOC3)cc2F)o1. The summed E-state index contributed by atoms with van der Waals surface area (Å²) in [6.07, 6.45) is 3.36. The number of anilines is 1. The van der Waals surface area contributed by atoms with E-state index in [9.17, 15) is 12.8 Å². The monoisotopic (exact) mass is 580 g/mol. The van der Waals surface area contributed by atoms with Crippen molar-refractivity contribution in [2.24, 2.45) is 0 Å². The van der Waals surface area contributed by atoms with E-state index in [-0.39, 0.29) is 39.8 Å². The first-order valence-corrected chi connectivity index (χ1v) is 14.9. The van der Waals surface area contributed by atoms with Crippen LogP contribution in [0.3, 0.4) is 0 Å². The Labute approximate surface area is 236 Å². The highest BCUT2D eigenvalue weighted by Gasteiger charge is 2.29. The lowest BCUT2D eigenvalue weighted by molar-refractivity contribution is 0.0983. The molecule has 0 amide bonds. The van der Waals surface area contributed by atoms with Gasteiger partial charge in [-0.15, -0.1) is 10.2 Å². The Bertz CT molecular complexity index is 1630. The standard InChI is InChI=1S/C28H29FN6O5S/c29-23-13-17(14-31-19-7-10-39-16-19)1-6-22(23)27-34-35-28(40-27)25-26(30)32-15-24(33-25)18-2-4-20(5-3-18)41(36,37)21-8-11-38-12-9-21/h1-6,13,15,19,21,31H,7-12,14,16H2,(H2,30,32). The van der Waals surface area contributed by atoms with Crippen LogP contribution in [0.1, 0.15) is 24.8 Å². The number of halogens is 1. The van der Waals surface area contributed by atoms with E-state index in [1.54, 1.807) is 36.4 Å². The van der Waals surface area contributed by atoms with Crippen LogP contribution in [0.5, 0.6) is 0 Å². The molecular formula is C28H29FN6O5S. The van der Waals surface area contributed by atoms with Crippen molar-refractivity contribution in [2.45, 2.75) is 42.0 Å². The molecule has 11 nitrogen and oxygen atoms in total. The third kappa shape index (κ3) is 5.84. The zero-order valence-electron chi connectivity index (χ0n) is 22.1. The van der Waals surface area contributed by atoms with Crippen LogP contribution in [0.2, 0.25) is 0 Å². The predicted octanol–water partition coefficient (Wildman–Crippen LogP) is 3.41.